The standard InChI is InChI=1S/C19H23FN2O3/c20-16-7-9-17(10-8-16)22-19(24)14-25-18-6-2-1-5-15(18)13-21-11-3-4-12-23/h1-2,5-10,21,23H,3-4,11-14H2,(H,22,24). The Hall–Kier alpha value is -2.44. The fourth-order valence-corrected chi connectivity index (χ4v) is 2.25. The van der Waals surface area contributed by atoms with E-state index in [1.165, 1.54) is 24.3 Å². The number of benzene rings is 2. The van der Waals surface area contributed by atoms with E-state index in [4.69, 9.17) is 9.84 Å². The van der Waals surface area contributed by atoms with Crippen molar-refractivity contribution in [3.63, 3.8) is 0 Å². The van der Waals surface area contributed by atoms with Gasteiger partial charge in [-0.05, 0) is 49.7 Å². The van der Waals surface area contributed by atoms with E-state index in [-0.39, 0.29) is 24.9 Å². The molecule has 0 aliphatic rings. The highest BCUT2D eigenvalue weighted by molar-refractivity contribution is 5.91. The quantitative estimate of drug-likeness (QED) is 0.579. The summed E-state index contributed by atoms with van der Waals surface area (Å²) in [6.07, 6.45) is 1.67. The molecule has 2 aromatic rings. The number of amides is 1. The van der Waals surface area contributed by atoms with Crippen molar-refractivity contribution in [2.24, 2.45) is 0 Å². The summed E-state index contributed by atoms with van der Waals surface area (Å²) in [6, 6.07) is 13.1. The summed E-state index contributed by atoms with van der Waals surface area (Å²) < 4.78 is 18.5. The van der Waals surface area contributed by atoms with Crippen molar-refractivity contribution in [3.05, 3.63) is 59.9 Å². The van der Waals surface area contributed by atoms with Crippen molar-refractivity contribution in [3.8, 4) is 5.75 Å². The number of hydrogen-bond donors (Lipinski definition) is 3. The van der Waals surface area contributed by atoms with Crippen molar-refractivity contribution in [1.82, 2.24) is 5.32 Å². The van der Waals surface area contributed by atoms with Crippen LogP contribution in [-0.4, -0.2) is 30.8 Å². The number of halogens is 1. The molecule has 25 heavy (non-hydrogen) atoms. The highest BCUT2D eigenvalue weighted by atomic mass is 19.1. The summed E-state index contributed by atoms with van der Waals surface area (Å²) in [7, 11) is 0. The van der Waals surface area contributed by atoms with E-state index in [2.05, 4.69) is 10.6 Å². The normalized spacial score (nSPS) is 10.5. The smallest absolute Gasteiger partial charge is 0.262 e. The minimum absolute atomic E-state index is 0.126. The first kappa shape index (κ1) is 18.9. The summed E-state index contributed by atoms with van der Waals surface area (Å²) >= 11 is 0. The number of para-hydroxylation sites is 1. The van der Waals surface area contributed by atoms with Crippen molar-refractivity contribution >= 4 is 11.6 Å². The molecule has 0 radical (unpaired) electrons. The second-order valence-corrected chi connectivity index (χ2v) is 5.56. The Kier molecular flexibility index (Phi) is 7.88. The van der Waals surface area contributed by atoms with Crippen LogP contribution in [-0.2, 0) is 11.3 Å². The van der Waals surface area contributed by atoms with Gasteiger partial charge < -0.3 is 20.5 Å². The Morgan fingerprint density at radius 3 is 2.60 bits per heavy atom. The van der Waals surface area contributed by atoms with Crippen LogP contribution in [0, 0.1) is 5.82 Å². The fourth-order valence-electron chi connectivity index (χ4n) is 2.25. The van der Waals surface area contributed by atoms with E-state index in [0.29, 0.717) is 18.0 Å². The molecule has 134 valence electrons. The van der Waals surface area contributed by atoms with Crippen LogP contribution in [0.3, 0.4) is 0 Å². The van der Waals surface area contributed by atoms with Gasteiger partial charge in [0.05, 0.1) is 0 Å². The maximum atomic E-state index is 12.9. The Morgan fingerprint density at radius 2 is 1.84 bits per heavy atom. The van der Waals surface area contributed by atoms with E-state index < -0.39 is 0 Å². The molecule has 0 heterocycles. The SMILES string of the molecule is O=C(COc1ccccc1CNCCCCO)Nc1ccc(F)cc1. The molecule has 0 atom stereocenters. The number of nitrogens with one attached hydrogen (secondary N) is 2. The summed E-state index contributed by atoms with van der Waals surface area (Å²) in [5, 5.41) is 14.7. The van der Waals surface area contributed by atoms with E-state index in [1.807, 2.05) is 24.3 Å². The molecule has 0 unspecified atom stereocenters. The van der Waals surface area contributed by atoms with Gasteiger partial charge in [-0.15, -0.1) is 0 Å². The van der Waals surface area contributed by atoms with Gasteiger partial charge in [0.1, 0.15) is 11.6 Å². The van der Waals surface area contributed by atoms with Crippen LogP contribution in [0.1, 0.15) is 18.4 Å². The van der Waals surface area contributed by atoms with Gasteiger partial charge in [0.15, 0.2) is 6.61 Å². The van der Waals surface area contributed by atoms with Crippen molar-refractivity contribution in [1.29, 1.82) is 0 Å². The Labute approximate surface area is 146 Å². The molecule has 0 aliphatic heterocycles. The van der Waals surface area contributed by atoms with Gasteiger partial charge >= 0.3 is 0 Å². The number of aliphatic hydroxyl groups excluding tert-OH is 1. The number of hydrogen-bond acceptors (Lipinski definition) is 4. The van der Waals surface area contributed by atoms with Gasteiger partial charge in [-0.25, -0.2) is 4.39 Å². The average Bonchev–Trinajstić information content (AvgIpc) is 2.62. The van der Waals surface area contributed by atoms with Crippen LogP contribution in [0.4, 0.5) is 10.1 Å². The molecular weight excluding hydrogens is 323 g/mol. The van der Waals surface area contributed by atoms with Crippen LogP contribution in [0.2, 0.25) is 0 Å². The highest BCUT2D eigenvalue weighted by Gasteiger charge is 2.07. The second kappa shape index (κ2) is 10.4. The lowest BCUT2D eigenvalue weighted by Gasteiger charge is -2.12. The molecule has 0 saturated carbocycles. The second-order valence-electron chi connectivity index (χ2n) is 5.56. The Balaban J connectivity index is 1.81. The number of anilines is 1. The molecule has 3 N–H and O–H groups in total. The van der Waals surface area contributed by atoms with E-state index in [1.54, 1.807) is 0 Å². The Morgan fingerprint density at radius 1 is 1.08 bits per heavy atom. The monoisotopic (exact) mass is 346 g/mol. The maximum Gasteiger partial charge on any atom is 0.262 e. The molecule has 0 saturated heterocycles. The lowest BCUT2D eigenvalue weighted by atomic mass is 10.2. The van der Waals surface area contributed by atoms with Crippen molar-refractivity contribution < 1.29 is 19.0 Å². The zero-order chi connectivity index (χ0) is 17.9. The Bertz CT molecular complexity index is 662. The number of aliphatic hydroxyl groups is 1. The summed E-state index contributed by atoms with van der Waals surface area (Å²) in [5.74, 6) is -0.0154. The summed E-state index contributed by atoms with van der Waals surface area (Å²) in [5.41, 5.74) is 1.48. The van der Waals surface area contributed by atoms with Crippen LogP contribution in [0.25, 0.3) is 0 Å². The third-order valence-corrected chi connectivity index (χ3v) is 3.54. The number of unbranched alkanes of at least 4 members (excludes halogenated alkanes) is 1. The molecule has 1 amide bonds. The van der Waals surface area contributed by atoms with Gasteiger partial charge in [0, 0.05) is 24.4 Å². The minimum atomic E-state index is -0.352. The molecule has 2 aromatic carbocycles. The van der Waals surface area contributed by atoms with Gasteiger partial charge in [-0.2, -0.15) is 0 Å². The number of carbonyl (C=O) groups excluding carboxylic acids is 1. The van der Waals surface area contributed by atoms with Gasteiger partial charge in [-0.1, -0.05) is 18.2 Å². The summed E-state index contributed by atoms with van der Waals surface area (Å²) in [6.45, 7) is 1.50. The number of rotatable bonds is 10. The number of carbonyl (C=O) groups is 1. The minimum Gasteiger partial charge on any atom is -0.483 e. The molecule has 6 heteroatoms. The van der Waals surface area contributed by atoms with Gasteiger partial charge in [0.2, 0.25) is 0 Å². The topological polar surface area (TPSA) is 70.6 Å². The van der Waals surface area contributed by atoms with E-state index in [0.717, 1.165) is 24.9 Å². The maximum absolute atomic E-state index is 12.9. The van der Waals surface area contributed by atoms with Crippen LogP contribution in [0.15, 0.2) is 48.5 Å². The van der Waals surface area contributed by atoms with Crippen molar-refractivity contribution in [2.45, 2.75) is 19.4 Å². The fraction of sp³-hybridized carbons (Fsp3) is 0.316. The first-order valence-electron chi connectivity index (χ1n) is 8.27. The molecular formula is C19H23FN2O3. The molecule has 0 bridgehead atoms. The third-order valence-electron chi connectivity index (χ3n) is 3.54. The van der Waals surface area contributed by atoms with Gasteiger partial charge in [0.25, 0.3) is 5.91 Å². The molecule has 0 aromatic heterocycles. The van der Waals surface area contributed by atoms with Crippen molar-refractivity contribution in [2.75, 3.05) is 25.1 Å². The zero-order valence-corrected chi connectivity index (χ0v) is 14.0. The van der Waals surface area contributed by atoms with Crippen LogP contribution < -0.4 is 15.4 Å². The zero-order valence-electron chi connectivity index (χ0n) is 14.0. The lowest BCUT2D eigenvalue weighted by Crippen LogP contribution is -2.21. The predicted octanol–water partition coefficient (Wildman–Crippen LogP) is 2.71. The van der Waals surface area contributed by atoms with Gasteiger partial charge in [-0.3, -0.25) is 4.79 Å². The van der Waals surface area contributed by atoms with Crippen LogP contribution >= 0.6 is 0 Å². The molecule has 2 rings (SSSR count). The van der Waals surface area contributed by atoms with Crippen LogP contribution in [0.5, 0.6) is 5.75 Å². The largest absolute Gasteiger partial charge is 0.483 e. The highest BCUT2D eigenvalue weighted by Crippen LogP contribution is 2.18. The average molecular weight is 346 g/mol. The first-order chi connectivity index (χ1) is 12.2. The molecule has 5 nitrogen and oxygen atoms in total. The van der Waals surface area contributed by atoms with E-state index in [9.17, 15) is 9.18 Å². The first-order valence-corrected chi connectivity index (χ1v) is 8.27. The summed E-state index contributed by atoms with van der Waals surface area (Å²) in [4.78, 5) is 11.9. The predicted molar refractivity (Wildman–Crippen MR) is 95.0 cm³/mol. The molecule has 0 aliphatic carbocycles. The molecule has 0 fully saturated rings. The van der Waals surface area contributed by atoms with E-state index >= 15 is 0 Å². The number of ether oxygens (including phenoxy) is 1. The third kappa shape index (κ3) is 6.91. The molecule has 0 spiro atoms. The lowest BCUT2D eigenvalue weighted by molar-refractivity contribution is -0.118.